The normalized spacial score (nSPS) is 11.5. The first-order valence-corrected chi connectivity index (χ1v) is 12.1. The third-order valence-corrected chi connectivity index (χ3v) is 5.92. The van der Waals surface area contributed by atoms with Crippen molar-refractivity contribution >= 4 is 34.5 Å². The van der Waals surface area contributed by atoms with Gasteiger partial charge in [0.25, 0.3) is 5.91 Å². The lowest BCUT2D eigenvalue weighted by Gasteiger charge is -2.19. The number of benzene rings is 3. The summed E-state index contributed by atoms with van der Waals surface area (Å²) in [5.41, 5.74) is 2.78. The van der Waals surface area contributed by atoms with Crippen LogP contribution in [0, 0.1) is 6.07 Å². The number of alkyl carbamates (subject to hydrolysis) is 1. The third-order valence-electron chi connectivity index (χ3n) is 5.92. The van der Waals surface area contributed by atoms with Crippen LogP contribution in [-0.4, -0.2) is 35.1 Å². The average Bonchev–Trinajstić information content (AvgIpc) is 3.26. The van der Waals surface area contributed by atoms with Crippen LogP contribution < -0.4 is 16.0 Å². The Hall–Kier alpha value is -4.59. The minimum Gasteiger partial charge on any atom is -0.445 e. The molecule has 3 N–H and O–H groups in total. The molecule has 1 aromatic heterocycles. The summed E-state index contributed by atoms with van der Waals surface area (Å²) in [6, 6.07) is 28.0. The first-order valence-electron chi connectivity index (χ1n) is 12.1. The van der Waals surface area contributed by atoms with Crippen LogP contribution in [0.3, 0.4) is 0 Å². The summed E-state index contributed by atoms with van der Waals surface area (Å²) < 4.78 is 7.02. The predicted octanol–water partition coefficient (Wildman–Crippen LogP) is 4.42. The van der Waals surface area contributed by atoms with Gasteiger partial charge < -0.3 is 25.3 Å². The van der Waals surface area contributed by atoms with Crippen LogP contribution in [0.4, 0.5) is 10.5 Å². The van der Waals surface area contributed by atoms with Crippen LogP contribution in [-0.2, 0) is 23.2 Å². The molecule has 0 saturated heterocycles. The summed E-state index contributed by atoms with van der Waals surface area (Å²) in [5.74, 6) is -0.715. The topological polar surface area (TPSA) is 101 Å². The molecule has 0 aliphatic heterocycles. The quantitative estimate of drug-likeness (QED) is 0.282. The molecule has 0 aliphatic carbocycles. The molecule has 0 aliphatic rings. The summed E-state index contributed by atoms with van der Waals surface area (Å²) >= 11 is 0. The maximum atomic E-state index is 13.2. The molecule has 1 atom stereocenters. The molecule has 0 unspecified atom stereocenters. The van der Waals surface area contributed by atoms with E-state index in [1.165, 1.54) is 0 Å². The predicted molar refractivity (Wildman–Crippen MR) is 142 cm³/mol. The molecule has 189 valence electrons. The largest absolute Gasteiger partial charge is 0.445 e. The van der Waals surface area contributed by atoms with Crippen LogP contribution >= 0.6 is 0 Å². The maximum absolute atomic E-state index is 13.2. The standard InChI is InChI=1S/C29H29N4O4/c1-33-25-17-9-8-13-22(25)19-26(33)28(35)32-24(27(34)31-23-14-6-3-7-15-23)16-10-18-30-29(36)37-20-21-11-4-2-5-12-21/h2-9,11-14,17,19,24H,10,16,18,20H2,1H3,(H,30,36)(H,31,34)(H,32,35)/t24-/m0/s1. The zero-order valence-electron chi connectivity index (χ0n) is 20.6. The van der Waals surface area contributed by atoms with Crippen molar-refractivity contribution in [3.63, 3.8) is 0 Å². The number of nitrogens with one attached hydrogen (secondary N) is 3. The van der Waals surface area contributed by atoms with Crippen molar-refractivity contribution in [1.29, 1.82) is 0 Å². The first kappa shape index (κ1) is 25.5. The summed E-state index contributed by atoms with van der Waals surface area (Å²) in [5, 5.41) is 9.29. The van der Waals surface area contributed by atoms with E-state index < -0.39 is 12.1 Å². The number of hydrogen-bond donors (Lipinski definition) is 3. The van der Waals surface area contributed by atoms with Crippen molar-refractivity contribution in [1.82, 2.24) is 15.2 Å². The fourth-order valence-corrected chi connectivity index (χ4v) is 3.97. The molecule has 4 rings (SSSR count). The number of fused-ring (bicyclic) bond motifs is 1. The Bertz CT molecular complexity index is 1350. The monoisotopic (exact) mass is 497 g/mol. The molecule has 0 spiro atoms. The zero-order chi connectivity index (χ0) is 26.0. The average molecular weight is 498 g/mol. The van der Waals surface area contributed by atoms with Crippen molar-refractivity contribution in [2.45, 2.75) is 25.5 Å². The van der Waals surface area contributed by atoms with E-state index in [-0.39, 0.29) is 18.4 Å². The highest BCUT2D eigenvalue weighted by molar-refractivity contribution is 6.02. The molecule has 0 fully saturated rings. The second kappa shape index (κ2) is 12.4. The maximum Gasteiger partial charge on any atom is 0.407 e. The van der Waals surface area contributed by atoms with Crippen molar-refractivity contribution in [3.8, 4) is 0 Å². The van der Waals surface area contributed by atoms with E-state index in [0.29, 0.717) is 30.8 Å². The van der Waals surface area contributed by atoms with Gasteiger partial charge in [-0.2, -0.15) is 0 Å². The van der Waals surface area contributed by atoms with E-state index >= 15 is 0 Å². The second-order valence-corrected chi connectivity index (χ2v) is 8.57. The molecule has 3 aromatic carbocycles. The SMILES string of the molecule is Cn1c(C(=O)N[C@@H](CCCNC(=O)OCc2ccccc2)C(=O)Nc2[c]cccc2)cc2ccccc21. The Morgan fingerprint density at radius 3 is 2.49 bits per heavy atom. The van der Waals surface area contributed by atoms with Gasteiger partial charge in [0.1, 0.15) is 18.3 Å². The van der Waals surface area contributed by atoms with Crippen LogP contribution in [0.25, 0.3) is 10.9 Å². The summed E-state index contributed by atoms with van der Waals surface area (Å²) in [6.07, 6.45) is 0.225. The van der Waals surface area contributed by atoms with Gasteiger partial charge in [0, 0.05) is 36.2 Å². The molecule has 1 heterocycles. The van der Waals surface area contributed by atoms with E-state index in [2.05, 4.69) is 22.0 Å². The highest BCUT2D eigenvalue weighted by Gasteiger charge is 2.23. The van der Waals surface area contributed by atoms with E-state index in [0.717, 1.165) is 16.5 Å². The molecule has 0 bridgehead atoms. The van der Waals surface area contributed by atoms with Crippen LogP contribution in [0.1, 0.15) is 28.9 Å². The van der Waals surface area contributed by atoms with Gasteiger partial charge in [0.15, 0.2) is 0 Å². The van der Waals surface area contributed by atoms with Gasteiger partial charge in [-0.15, -0.1) is 0 Å². The van der Waals surface area contributed by atoms with E-state index in [1.807, 2.05) is 61.6 Å². The number of hydrogen-bond acceptors (Lipinski definition) is 4. The zero-order valence-corrected chi connectivity index (χ0v) is 20.6. The highest BCUT2D eigenvalue weighted by Crippen LogP contribution is 2.18. The number of nitrogens with zero attached hydrogens (tertiary/aromatic N) is 1. The number of ether oxygens (including phenoxy) is 1. The Morgan fingerprint density at radius 2 is 1.73 bits per heavy atom. The van der Waals surface area contributed by atoms with Gasteiger partial charge in [0.05, 0.1) is 0 Å². The molecule has 4 aromatic rings. The van der Waals surface area contributed by atoms with Crippen molar-refractivity contribution in [2.24, 2.45) is 7.05 Å². The summed E-state index contributed by atoms with van der Waals surface area (Å²) in [6.45, 7) is 0.463. The lowest BCUT2D eigenvalue weighted by atomic mass is 10.1. The number of aryl methyl sites for hydroxylation is 1. The first-order chi connectivity index (χ1) is 18.0. The molecule has 8 heteroatoms. The number of aromatic nitrogens is 1. The number of carbonyl (C=O) groups is 3. The van der Waals surface area contributed by atoms with E-state index in [1.54, 1.807) is 34.9 Å². The van der Waals surface area contributed by atoms with Gasteiger partial charge in [-0.3, -0.25) is 9.59 Å². The second-order valence-electron chi connectivity index (χ2n) is 8.57. The Morgan fingerprint density at radius 1 is 0.973 bits per heavy atom. The van der Waals surface area contributed by atoms with Crippen molar-refractivity contribution < 1.29 is 19.1 Å². The fraction of sp³-hybridized carbons (Fsp3) is 0.207. The Kier molecular flexibility index (Phi) is 8.54. The van der Waals surface area contributed by atoms with Crippen molar-refractivity contribution in [2.75, 3.05) is 11.9 Å². The number of amides is 3. The summed E-state index contributed by atoms with van der Waals surface area (Å²) in [4.78, 5) is 38.2. The van der Waals surface area contributed by atoms with Gasteiger partial charge in [-0.1, -0.05) is 66.7 Å². The molecule has 0 saturated carbocycles. The minimum atomic E-state index is -0.818. The lowest BCUT2D eigenvalue weighted by Crippen LogP contribution is -2.44. The molecule has 37 heavy (non-hydrogen) atoms. The number of anilines is 1. The van der Waals surface area contributed by atoms with Crippen LogP contribution in [0.15, 0.2) is 84.9 Å². The van der Waals surface area contributed by atoms with Gasteiger partial charge in [-0.05, 0) is 36.6 Å². The fourth-order valence-electron chi connectivity index (χ4n) is 3.97. The third kappa shape index (κ3) is 6.98. The molecule has 1 radical (unpaired) electrons. The number of rotatable bonds is 10. The van der Waals surface area contributed by atoms with Gasteiger partial charge in [0.2, 0.25) is 5.91 Å². The van der Waals surface area contributed by atoms with Crippen LogP contribution in [0.2, 0.25) is 0 Å². The molecular formula is C29H29N4O4. The van der Waals surface area contributed by atoms with E-state index in [9.17, 15) is 14.4 Å². The summed E-state index contributed by atoms with van der Waals surface area (Å²) in [7, 11) is 1.82. The van der Waals surface area contributed by atoms with Gasteiger partial charge >= 0.3 is 6.09 Å². The highest BCUT2D eigenvalue weighted by atomic mass is 16.5. The lowest BCUT2D eigenvalue weighted by molar-refractivity contribution is -0.118. The molecular weight excluding hydrogens is 468 g/mol. The molecule has 3 amide bonds. The smallest absolute Gasteiger partial charge is 0.407 e. The number of carbonyl (C=O) groups excluding carboxylic acids is 3. The number of para-hydroxylation sites is 2. The minimum absolute atomic E-state index is 0.173. The van der Waals surface area contributed by atoms with Gasteiger partial charge in [-0.25, -0.2) is 4.79 Å². The Labute approximate surface area is 215 Å². The van der Waals surface area contributed by atoms with Crippen molar-refractivity contribution in [3.05, 3.63) is 102 Å². The van der Waals surface area contributed by atoms with E-state index in [4.69, 9.17) is 4.74 Å². The Balaban J connectivity index is 1.35. The molecule has 8 nitrogen and oxygen atoms in total. The van der Waals surface area contributed by atoms with Crippen LogP contribution in [0.5, 0.6) is 0 Å².